The fourth-order valence-electron chi connectivity index (χ4n) is 1.09. The third-order valence-electron chi connectivity index (χ3n) is 1.79. The zero-order chi connectivity index (χ0) is 8.10. The number of benzene rings is 1. The van der Waals surface area contributed by atoms with Crippen LogP contribution in [0.5, 0.6) is 5.75 Å². The van der Waals surface area contributed by atoms with Crippen LogP contribution in [-0.4, -0.2) is 24.0 Å². The molecule has 0 spiro atoms. The summed E-state index contributed by atoms with van der Waals surface area (Å²) in [4.78, 5) is 0. The van der Waals surface area contributed by atoms with Gasteiger partial charge < -0.3 is 5.11 Å². The van der Waals surface area contributed by atoms with Crippen molar-refractivity contribution >= 4 is 18.9 Å². The molecule has 0 bridgehead atoms. The maximum atomic E-state index is 9.34. The van der Waals surface area contributed by atoms with E-state index in [1.165, 1.54) is 6.42 Å². The first-order valence-electron chi connectivity index (χ1n) is 4.11. The Labute approximate surface area is 86.0 Å². The molecular weight excluding hydrogens is 143 g/mol. The van der Waals surface area contributed by atoms with Crippen molar-refractivity contribution in [1.82, 2.24) is 0 Å². The van der Waals surface area contributed by atoms with Gasteiger partial charge in [-0.15, -0.1) is 0 Å². The van der Waals surface area contributed by atoms with E-state index in [4.69, 9.17) is 0 Å². The quantitative estimate of drug-likeness (QED) is 0.668. The van der Waals surface area contributed by atoms with E-state index in [0.29, 0.717) is 5.75 Å². The first kappa shape index (κ1) is 11.6. The van der Waals surface area contributed by atoms with Gasteiger partial charge in [-0.25, -0.2) is 0 Å². The van der Waals surface area contributed by atoms with Gasteiger partial charge in [0.05, 0.1) is 0 Å². The zero-order valence-corrected chi connectivity index (χ0v) is 6.88. The van der Waals surface area contributed by atoms with E-state index in [9.17, 15) is 5.11 Å². The molecule has 0 aliphatic heterocycles. The van der Waals surface area contributed by atoms with Crippen LogP contribution in [-0.2, 0) is 6.42 Å². The minimum absolute atomic E-state index is 0. The summed E-state index contributed by atoms with van der Waals surface area (Å²) in [5.41, 5.74) is 1.06. The van der Waals surface area contributed by atoms with Crippen molar-refractivity contribution in [3.8, 4) is 5.75 Å². The molecule has 1 aromatic rings. The van der Waals surface area contributed by atoms with Gasteiger partial charge in [-0.3, -0.25) is 0 Å². The summed E-state index contributed by atoms with van der Waals surface area (Å²) in [5, 5.41) is 9.34. The summed E-state index contributed by atoms with van der Waals surface area (Å²) in [6, 6.07) is 7.53. The summed E-state index contributed by atoms with van der Waals surface area (Å²) >= 11 is 0. The average Bonchev–Trinajstić information content (AvgIpc) is 2.03. The fraction of sp³-hybridized carbons (Fsp3) is 0.400. The molecule has 0 saturated heterocycles. The summed E-state index contributed by atoms with van der Waals surface area (Å²) in [5.74, 6) is 0.431. The summed E-state index contributed by atoms with van der Waals surface area (Å²) in [6.45, 7) is 2.15. The number of phenols is 1. The standard InChI is InChI=1S/C10H14O.Li.H/c1-2-3-6-9-7-4-5-8-10(9)11;;/h4-5,7-8,11H,2-3,6H2,1H3;;. The van der Waals surface area contributed by atoms with Crippen molar-refractivity contribution in [2.75, 3.05) is 0 Å². The van der Waals surface area contributed by atoms with Crippen LogP contribution in [0.3, 0.4) is 0 Å². The van der Waals surface area contributed by atoms with Gasteiger partial charge in [0, 0.05) is 0 Å². The Morgan fingerprint density at radius 2 is 1.92 bits per heavy atom. The normalized spacial score (nSPS) is 9.08. The van der Waals surface area contributed by atoms with E-state index in [0.717, 1.165) is 18.4 Å². The molecule has 0 heterocycles. The van der Waals surface area contributed by atoms with Gasteiger partial charge in [-0.1, -0.05) is 31.5 Å². The maximum absolute atomic E-state index is 9.34. The fourth-order valence-corrected chi connectivity index (χ4v) is 1.09. The van der Waals surface area contributed by atoms with Crippen LogP contribution in [0, 0.1) is 0 Å². The average molecular weight is 158 g/mol. The van der Waals surface area contributed by atoms with Crippen molar-refractivity contribution in [1.29, 1.82) is 0 Å². The van der Waals surface area contributed by atoms with Gasteiger partial charge >= 0.3 is 18.9 Å². The Kier molecular flexibility index (Phi) is 5.97. The van der Waals surface area contributed by atoms with Crippen molar-refractivity contribution in [3.05, 3.63) is 29.8 Å². The predicted octanol–water partition coefficient (Wildman–Crippen LogP) is 2.09. The first-order valence-corrected chi connectivity index (χ1v) is 4.11. The van der Waals surface area contributed by atoms with Gasteiger partial charge in [0.25, 0.3) is 0 Å². The molecule has 62 valence electrons. The molecule has 0 unspecified atom stereocenters. The van der Waals surface area contributed by atoms with Gasteiger partial charge in [0.2, 0.25) is 0 Å². The molecular formula is C10H15LiO. The number of hydrogen-bond donors (Lipinski definition) is 1. The van der Waals surface area contributed by atoms with Gasteiger partial charge in [0.1, 0.15) is 5.75 Å². The van der Waals surface area contributed by atoms with Crippen molar-refractivity contribution in [2.45, 2.75) is 26.2 Å². The molecule has 0 saturated carbocycles. The van der Waals surface area contributed by atoms with E-state index in [1.807, 2.05) is 18.2 Å². The molecule has 0 radical (unpaired) electrons. The van der Waals surface area contributed by atoms with E-state index < -0.39 is 0 Å². The number of para-hydroxylation sites is 1. The first-order chi connectivity index (χ1) is 5.34. The molecule has 12 heavy (non-hydrogen) atoms. The minimum atomic E-state index is 0. The summed E-state index contributed by atoms with van der Waals surface area (Å²) in [7, 11) is 0. The topological polar surface area (TPSA) is 20.2 Å². The molecule has 0 aromatic heterocycles. The Morgan fingerprint density at radius 1 is 1.25 bits per heavy atom. The van der Waals surface area contributed by atoms with Crippen LogP contribution in [0.2, 0.25) is 0 Å². The number of aryl methyl sites for hydroxylation is 1. The summed E-state index contributed by atoms with van der Waals surface area (Å²) < 4.78 is 0. The van der Waals surface area contributed by atoms with Crippen molar-refractivity contribution in [2.24, 2.45) is 0 Å². The second-order valence-electron chi connectivity index (χ2n) is 2.73. The number of rotatable bonds is 3. The molecule has 0 amide bonds. The van der Waals surface area contributed by atoms with Crippen LogP contribution in [0.25, 0.3) is 0 Å². The number of phenolic OH excluding ortho intramolecular Hbond substituents is 1. The van der Waals surface area contributed by atoms with E-state index in [-0.39, 0.29) is 18.9 Å². The van der Waals surface area contributed by atoms with E-state index in [2.05, 4.69) is 6.92 Å². The molecule has 0 atom stereocenters. The van der Waals surface area contributed by atoms with Crippen LogP contribution < -0.4 is 0 Å². The van der Waals surface area contributed by atoms with E-state index >= 15 is 0 Å². The Balaban J connectivity index is 0.00000121. The second kappa shape index (κ2) is 6.17. The Bertz CT molecular complexity index is 223. The molecule has 1 rings (SSSR count). The molecule has 0 aliphatic rings. The third-order valence-corrected chi connectivity index (χ3v) is 1.79. The van der Waals surface area contributed by atoms with Gasteiger partial charge in [0.15, 0.2) is 0 Å². The molecule has 1 aromatic carbocycles. The number of hydrogen-bond acceptors (Lipinski definition) is 1. The van der Waals surface area contributed by atoms with Crippen molar-refractivity contribution < 1.29 is 5.11 Å². The predicted molar refractivity (Wildman–Crippen MR) is 53.9 cm³/mol. The SMILES string of the molecule is CCCCc1ccccc1O.[LiH]. The van der Waals surface area contributed by atoms with Crippen LogP contribution in [0.4, 0.5) is 0 Å². The molecule has 1 N–H and O–H groups in total. The molecule has 0 aliphatic carbocycles. The summed E-state index contributed by atoms with van der Waals surface area (Å²) in [6.07, 6.45) is 3.31. The van der Waals surface area contributed by atoms with Crippen molar-refractivity contribution in [3.63, 3.8) is 0 Å². The molecule has 0 fully saturated rings. The third kappa shape index (κ3) is 3.34. The monoisotopic (exact) mass is 158 g/mol. The Morgan fingerprint density at radius 3 is 2.50 bits per heavy atom. The van der Waals surface area contributed by atoms with Crippen LogP contribution >= 0.6 is 0 Å². The van der Waals surface area contributed by atoms with Crippen LogP contribution in [0.15, 0.2) is 24.3 Å². The number of aromatic hydroxyl groups is 1. The van der Waals surface area contributed by atoms with Crippen LogP contribution in [0.1, 0.15) is 25.3 Å². The molecule has 1 nitrogen and oxygen atoms in total. The van der Waals surface area contributed by atoms with E-state index in [1.54, 1.807) is 6.07 Å². The number of unbranched alkanes of at least 4 members (excludes halogenated alkanes) is 1. The Hall–Kier alpha value is -0.383. The zero-order valence-electron chi connectivity index (χ0n) is 6.88. The second-order valence-corrected chi connectivity index (χ2v) is 2.73. The molecule has 2 heteroatoms. The van der Waals surface area contributed by atoms with Gasteiger partial charge in [-0.05, 0) is 24.5 Å². The van der Waals surface area contributed by atoms with Gasteiger partial charge in [-0.2, -0.15) is 0 Å².